The Morgan fingerprint density at radius 3 is 2.49 bits per heavy atom. The molecule has 3 rings (SSSR count). The van der Waals surface area contributed by atoms with E-state index in [1.54, 1.807) is 0 Å². The summed E-state index contributed by atoms with van der Waals surface area (Å²) in [7, 11) is 0. The molecule has 1 aliphatic heterocycles. The van der Waals surface area contributed by atoms with Gasteiger partial charge in [0.2, 0.25) is 11.8 Å². The van der Waals surface area contributed by atoms with Gasteiger partial charge in [-0.2, -0.15) is 5.26 Å². The number of carbonyl (C=O) groups is 2. The largest absolute Gasteiger partial charge is 0.379 e. The van der Waals surface area contributed by atoms with Crippen LogP contribution in [0.3, 0.4) is 0 Å². The van der Waals surface area contributed by atoms with Crippen LogP contribution in [0, 0.1) is 31.1 Å². The van der Waals surface area contributed by atoms with Crippen molar-refractivity contribution in [2.45, 2.75) is 53.1 Å². The maximum absolute atomic E-state index is 13.0. The van der Waals surface area contributed by atoms with E-state index in [1.165, 1.54) is 0 Å². The predicted octanol–water partition coefficient (Wildman–Crippen LogP) is 3.55. The Bertz CT molecular complexity index is 1050. The summed E-state index contributed by atoms with van der Waals surface area (Å²) in [5.74, 6) is 0.411. The molecule has 8 nitrogen and oxygen atoms in total. The number of amides is 2. The molecule has 0 bridgehead atoms. The third kappa shape index (κ3) is 6.93. The van der Waals surface area contributed by atoms with Crippen molar-refractivity contribution in [2.75, 3.05) is 38.1 Å². The Labute approximate surface area is 208 Å². The average molecular weight is 480 g/mol. The second kappa shape index (κ2) is 12.5. The molecule has 188 valence electrons. The highest BCUT2D eigenvalue weighted by Crippen LogP contribution is 2.30. The number of likely N-dealkylation sites (tertiary alicyclic amines) is 1. The molecule has 2 amide bonds. The quantitative estimate of drug-likeness (QED) is 0.508. The first-order valence-corrected chi connectivity index (χ1v) is 12.4. The number of nitriles is 1. The smallest absolute Gasteiger partial charge is 0.239 e. The van der Waals surface area contributed by atoms with Gasteiger partial charge in [0.1, 0.15) is 11.9 Å². The van der Waals surface area contributed by atoms with E-state index < -0.39 is 0 Å². The third-order valence-electron chi connectivity index (χ3n) is 6.49. The number of piperidine rings is 1. The summed E-state index contributed by atoms with van der Waals surface area (Å²) >= 11 is 0. The van der Waals surface area contributed by atoms with Crippen LogP contribution in [-0.2, 0) is 14.3 Å². The van der Waals surface area contributed by atoms with Gasteiger partial charge in [-0.1, -0.05) is 18.2 Å². The van der Waals surface area contributed by atoms with E-state index in [0.717, 1.165) is 36.2 Å². The number of nitrogens with one attached hydrogen (secondary N) is 2. The number of rotatable bonds is 10. The molecule has 1 saturated heterocycles. The molecular formula is C27H37N5O3. The van der Waals surface area contributed by atoms with Crippen LogP contribution in [-0.4, -0.2) is 60.2 Å². The number of ether oxygens (including phenoxy) is 1. The zero-order valence-electron chi connectivity index (χ0n) is 21.3. The molecule has 1 aromatic carbocycles. The van der Waals surface area contributed by atoms with Gasteiger partial charge in [0.05, 0.1) is 18.2 Å². The molecule has 0 atom stereocenters. The van der Waals surface area contributed by atoms with Crippen LogP contribution in [0.2, 0.25) is 0 Å². The van der Waals surface area contributed by atoms with Crippen LogP contribution in [0.15, 0.2) is 30.3 Å². The zero-order valence-corrected chi connectivity index (χ0v) is 21.3. The van der Waals surface area contributed by atoms with Crippen molar-refractivity contribution < 1.29 is 14.3 Å². The molecule has 0 aliphatic carbocycles. The van der Waals surface area contributed by atoms with Gasteiger partial charge in [-0.05, 0) is 77.7 Å². The molecule has 1 aromatic heterocycles. The first-order valence-electron chi connectivity index (χ1n) is 12.4. The molecule has 0 unspecified atom stereocenters. The number of para-hydroxylation sites is 1. The summed E-state index contributed by atoms with van der Waals surface area (Å²) in [6.07, 6.45) is 2.46. The molecule has 2 N–H and O–H groups in total. The lowest BCUT2D eigenvalue weighted by Crippen LogP contribution is -2.43. The molecule has 0 saturated carbocycles. The number of anilines is 1. The molecule has 2 aromatic rings. The van der Waals surface area contributed by atoms with Crippen LogP contribution in [0.4, 0.5) is 5.82 Å². The first-order chi connectivity index (χ1) is 16.8. The summed E-state index contributed by atoms with van der Waals surface area (Å²) < 4.78 is 7.43. The molecule has 0 spiro atoms. The lowest BCUT2D eigenvalue weighted by atomic mass is 9.96. The fourth-order valence-electron chi connectivity index (χ4n) is 4.44. The van der Waals surface area contributed by atoms with E-state index in [0.29, 0.717) is 37.6 Å². The minimum absolute atomic E-state index is 0.0221. The Hall–Kier alpha value is -3.15. The monoisotopic (exact) mass is 479 g/mol. The SMILES string of the molecule is Cc1c(C#N)c(NC(=O)CN2CCC(C(=O)NCCCOC(C)C)CC2)n(-c2ccccc2)c1C. The second-order valence-electron chi connectivity index (χ2n) is 9.38. The number of carbonyl (C=O) groups excluding carboxylic acids is 2. The van der Waals surface area contributed by atoms with Gasteiger partial charge in [-0.15, -0.1) is 0 Å². The Kier molecular flexibility index (Phi) is 9.47. The van der Waals surface area contributed by atoms with Crippen molar-refractivity contribution in [2.24, 2.45) is 5.92 Å². The second-order valence-corrected chi connectivity index (χ2v) is 9.38. The maximum Gasteiger partial charge on any atom is 0.239 e. The highest BCUT2D eigenvalue weighted by molar-refractivity contribution is 5.93. The standard InChI is InChI=1S/C27H37N5O3/c1-19(2)35-16-8-13-29-27(34)22-11-14-31(15-12-22)18-25(33)30-26-24(17-28)20(3)21(4)32(26)23-9-6-5-7-10-23/h5-7,9-10,19,22H,8,11-16,18H2,1-4H3,(H,29,34)(H,30,33). The van der Waals surface area contributed by atoms with Gasteiger partial charge < -0.3 is 15.4 Å². The first kappa shape index (κ1) is 26.5. The maximum atomic E-state index is 13.0. The summed E-state index contributed by atoms with van der Waals surface area (Å²) in [6, 6.07) is 12.0. The minimum atomic E-state index is -0.163. The Balaban J connectivity index is 1.53. The summed E-state index contributed by atoms with van der Waals surface area (Å²) in [6.45, 7) is 10.7. The average Bonchev–Trinajstić information content (AvgIpc) is 3.08. The van der Waals surface area contributed by atoms with Crippen LogP contribution >= 0.6 is 0 Å². The topological polar surface area (TPSA) is 99.4 Å². The highest BCUT2D eigenvalue weighted by atomic mass is 16.5. The fraction of sp³-hybridized carbons (Fsp3) is 0.519. The van der Waals surface area contributed by atoms with Crippen LogP contribution < -0.4 is 10.6 Å². The normalized spacial score (nSPS) is 14.6. The van der Waals surface area contributed by atoms with Crippen molar-refractivity contribution in [1.82, 2.24) is 14.8 Å². The van der Waals surface area contributed by atoms with Crippen molar-refractivity contribution >= 4 is 17.6 Å². The molecule has 0 radical (unpaired) electrons. The minimum Gasteiger partial charge on any atom is -0.379 e. The number of benzene rings is 1. The molecule has 2 heterocycles. The van der Waals surface area contributed by atoms with E-state index in [9.17, 15) is 14.9 Å². The van der Waals surface area contributed by atoms with Crippen LogP contribution in [0.25, 0.3) is 5.69 Å². The number of nitrogens with zero attached hydrogens (tertiary/aromatic N) is 3. The number of hydrogen-bond acceptors (Lipinski definition) is 5. The lowest BCUT2D eigenvalue weighted by molar-refractivity contribution is -0.126. The van der Waals surface area contributed by atoms with E-state index >= 15 is 0 Å². The van der Waals surface area contributed by atoms with Crippen molar-refractivity contribution in [3.05, 3.63) is 47.2 Å². The summed E-state index contributed by atoms with van der Waals surface area (Å²) in [5, 5.41) is 15.7. The number of aromatic nitrogens is 1. The third-order valence-corrected chi connectivity index (χ3v) is 6.49. The molecule has 1 aliphatic rings. The van der Waals surface area contributed by atoms with Crippen molar-refractivity contribution in [1.29, 1.82) is 5.26 Å². The van der Waals surface area contributed by atoms with E-state index in [2.05, 4.69) is 21.6 Å². The van der Waals surface area contributed by atoms with Crippen LogP contribution in [0.5, 0.6) is 0 Å². The van der Waals surface area contributed by atoms with Gasteiger partial charge in [0.25, 0.3) is 0 Å². The van der Waals surface area contributed by atoms with Crippen molar-refractivity contribution in [3.63, 3.8) is 0 Å². The van der Waals surface area contributed by atoms with E-state index in [4.69, 9.17) is 4.74 Å². The van der Waals surface area contributed by atoms with Gasteiger partial charge in [0.15, 0.2) is 0 Å². The fourth-order valence-corrected chi connectivity index (χ4v) is 4.44. The summed E-state index contributed by atoms with van der Waals surface area (Å²) in [4.78, 5) is 27.5. The van der Waals surface area contributed by atoms with Gasteiger partial charge >= 0.3 is 0 Å². The van der Waals surface area contributed by atoms with Gasteiger partial charge in [-0.25, -0.2) is 0 Å². The van der Waals surface area contributed by atoms with E-state index in [1.807, 2.05) is 62.6 Å². The Morgan fingerprint density at radius 1 is 1.17 bits per heavy atom. The zero-order chi connectivity index (χ0) is 25.4. The lowest BCUT2D eigenvalue weighted by Gasteiger charge is -2.30. The molecule has 35 heavy (non-hydrogen) atoms. The highest BCUT2D eigenvalue weighted by Gasteiger charge is 2.27. The predicted molar refractivity (Wildman–Crippen MR) is 136 cm³/mol. The molecule has 1 fully saturated rings. The Morgan fingerprint density at radius 2 is 1.86 bits per heavy atom. The van der Waals surface area contributed by atoms with Gasteiger partial charge in [0, 0.05) is 30.5 Å². The van der Waals surface area contributed by atoms with Crippen molar-refractivity contribution in [3.8, 4) is 11.8 Å². The molecule has 8 heteroatoms. The van der Waals surface area contributed by atoms with E-state index in [-0.39, 0.29) is 30.4 Å². The van der Waals surface area contributed by atoms with Crippen LogP contribution in [0.1, 0.15) is 49.9 Å². The summed E-state index contributed by atoms with van der Waals surface area (Å²) in [5.41, 5.74) is 3.15. The molecular weight excluding hydrogens is 442 g/mol. The van der Waals surface area contributed by atoms with Gasteiger partial charge in [-0.3, -0.25) is 19.1 Å². The number of hydrogen-bond donors (Lipinski definition) is 2.